The molecule has 140 valence electrons. The Hall–Kier alpha value is -1.74. The summed E-state index contributed by atoms with van der Waals surface area (Å²) in [5.74, 6) is 0. The van der Waals surface area contributed by atoms with Gasteiger partial charge in [0.2, 0.25) is 10.0 Å². The summed E-state index contributed by atoms with van der Waals surface area (Å²) in [6.45, 7) is 2.49. The van der Waals surface area contributed by atoms with Crippen molar-refractivity contribution < 1.29 is 21.0 Å². The van der Waals surface area contributed by atoms with Gasteiger partial charge in [-0.15, -0.1) is 0 Å². The molecule has 1 saturated heterocycles. The summed E-state index contributed by atoms with van der Waals surface area (Å²) in [4.78, 5) is 0.143. The lowest BCUT2D eigenvalue weighted by molar-refractivity contribution is 0.304. The number of aryl methyl sites for hydroxylation is 1. The summed E-state index contributed by atoms with van der Waals surface area (Å²) in [7, 11) is -7.61. The van der Waals surface area contributed by atoms with Crippen LogP contribution in [0.15, 0.2) is 58.3 Å². The molecule has 2 aromatic rings. The van der Waals surface area contributed by atoms with Crippen LogP contribution in [-0.2, 0) is 30.9 Å². The maximum absolute atomic E-state index is 12.8. The second kappa shape index (κ2) is 7.48. The minimum absolute atomic E-state index is 0.0444. The molecule has 1 heterocycles. The molecular formula is C18H21NO5S2. The van der Waals surface area contributed by atoms with E-state index < -0.39 is 20.1 Å². The van der Waals surface area contributed by atoms with Gasteiger partial charge < -0.3 is 0 Å². The van der Waals surface area contributed by atoms with Gasteiger partial charge in [0.15, 0.2) is 0 Å². The van der Waals surface area contributed by atoms with Crippen molar-refractivity contribution in [2.45, 2.75) is 36.2 Å². The van der Waals surface area contributed by atoms with Gasteiger partial charge in [0.25, 0.3) is 10.1 Å². The van der Waals surface area contributed by atoms with E-state index >= 15 is 0 Å². The molecule has 2 aromatic carbocycles. The summed E-state index contributed by atoms with van der Waals surface area (Å²) in [5, 5.41) is 0. The highest BCUT2D eigenvalue weighted by molar-refractivity contribution is 7.89. The summed E-state index contributed by atoms with van der Waals surface area (Å²) in [6, 6.07) is 12.7. The zero-order valence-electron chi connectivity index (χ0n) is 14.5. The maximum Gasteiger partial charge on any atom is 0.297 e. The Kier molecular flexibility index (Phi) is 5.47. The Balaban J connectivity index is 1.84. The van der Waals surface area contributed by atoms with E-state index in [9.17, 15) is 16.8 Å². The molecule has 0 amide bonds. The topological polar surface area (TPSA) is 80.8 Å². The lowest BCUT2D eigenvalue weighted by Crippen LogP contribution is -2.28. The van der Waals surface area contributed by atoms with E-state index in [0.29, 0.717) is 18.7 Å². The summed E-state index contributed by atoms with van der Waals surface area (Å²) in [5.41, 5.74) is 1.26. The molecule has 0 unspecified atom stereocenters. The molecular weight excluding hydrogens is 374 g/mol. The zero-order chi connectivity index (χ0) is 18.8. The first-order chi connectivity index (χ1) is 12.3. The van der Waals surface area contributed by atoms with Crippen LogP contribution in [0.2, 0.25) is 0 Å². The molecule has 0 atom stereocenters. The van der Waals surface area contributed by atoms with Crippen LogP contribution in [0.4, 0.5) is 0 Å². The normalized spacial score (nSPS) is 16.0. The van der Waals surface area contributed by atoms with Gasteiger partial charge in [-0.1, -0.05) is 35.9 Å². The van der Waals surface area contributed by atoms with Gasteiger partial charge in [0.05, 0.1) is 16.4 Å². The SMILES string of the molecule is Cc1ccc(S(=O)(=O)OCc2ccccc2S(=O)(=O)N2CCCC2)cc1. The van der Waals surface area contributed by atoms with Crippen molar-refractivity contribution in [2.75, 3.05) is 13.1 Å². The highest BCUT2D eigenvalue weighted by Crippen LogP contribution is 2.25. The number of rotatable bonds is 6. The summed E-state index contributed by atoms with van der Waals surface area (Å²) < 4.78 is 56.9. The maximum atomic E-state index is 12.8. The minimum atomic E-state index is -3.96. The van der Waals surface area contributed by atoms with Crippen molar-refractivity contribution in [2.24, 2.45) is 0 Å². The van der Waals surface area contributed by atoms with E-state index in [2.05, 4.69) is 0 Å². The molecule has 0 N–H and O–H groups in total. The van der Waals surface area contributed by atoms with Crippen molar-refractivity contribution >= 4 is 20.1 Å². The van der Waals surface area contributed by atoms with E-state index in [1.807, 2.05) is 6.92 Å². The fourth-order valence-corrected chi connectivity index (χ4v) is 5.47. The second-order valence-electron chi connectivity index (χ2n) is 6.25. The predicted octanol–water partition coefficient (Wildman–Crippen LogP) is 2.69. The molecule has 1 aliphatic rings. The van der Waals surface area contributed by atoms with E-state index in [1.54, 1.807) is 30.3 Å². The fourth-order valence-electron chi connectivity index (χ4n) is 2.86. The highest BCUT2D eigenvalue weighted by Gasteiger charge is 2.29. The Morgan fingerprint density at radius 2 is 1.54 bits per heavy atom. The van der Waals surface area contributed by atoms with Crippen molar-refractivity contribution in [3.63, 3.8) is 0 Å². The van der Waals surface area contributed by atoms with E-state index in [-0.39, 0.29) is 16.4 Å². The Morgan fingerprint density at radius 1 is 0.923 bits per heavy atom. The number of benzene rings is 2. The lowest BCUT2D eigenvalue weighted by Gasteiger charge is -2.18. The molecule has 26 heavy (non-hydrogen) atoms. The van der Waals surface area contributed by atoms with Crippen molar-refractivity contribution in [1.82, 2.24) is 4.31 Å². The van der Waals surface area contributed by atoms with Crippen LogP contribution in [0.5, 0.6) is 0 Å². The molecule has 0 aromatic heterocycles. The van der Waals surface area contributed by atoms with Gasteiger partial charge in [-0.25, -0.2) is 8.42 Å². The number of nitrogens with zero attached hydrogens (tertiary/aromatic N) is 1. The number of hydrogen-bond donors (Lipinski definition) is 0. The summed E-state index contributed by atoms with van der Waals surface area (Å²) >= 11 is 0. The first kappa shape index (κ1) is 19.0. The number of hydrogen-bond acceptors (Lipinski definition) is 5. The van der Waals surface area contributed by atoms with E-state index in [0.717, 1.165) is 18.4 Å². The quantitative estimate of drug-likeness (QED) is 0.703. The van der Waals surface area contributed by atoms with Crippen molar-refractivity contribution in [1.29, 1.82) is 0 Å². The van der Waals surface area contributed by atoms with E-state index in [1.165, 1.54) is 22.5 Å². The third-order valence-electron chi connectivity index (χ3n) is 4.33. The Bertz CT molecular complexity index is 976. The third kappa shape index (κ3) is 3.98. The first-order valence-electron chi connectivity index (χ1n) is 8.35. The van der Waals surface area contributed by atoms with Crippen LogP contribution >= 0.6 is 0 Å². The van der Waals surface area contributed by atoms with Crippen LogP contribution < -0.4 is 0 Å². The summed E-state index contributed by atoms with van der Waals surface area (Å²) in [6.07, 6.45) is 1.67. The molecule has 0 spiro atoms. The molecule has 8 heteroatoms. The minimum Gasteiger partial charge on any atom is -0.262 e. The Morgan fingerprint density at radius 3 is 2.19 bits per heavy atom. The molecule has 0 radical (unpaired) electrons. The largest absolute Gasteiger partial charge is 0.297 e. The van der Waals surface area contributed by atoms with Gasteiger partial charge >= 0.3 is 0 Å². The van der Waals surface area contributed by atoms with Crippen molar-refractivity contribution in [3.8, 4) is 0 Å². The Labute approximate surface area is 154 Å². The van der Waals surface area contributed by atoms with Crippen LogP contribution in [0.1, 0.15) is 24.0 Å². The monoisotopic (exact) mass is 395 g/mol. The van der Waals surface area contributed by atoms with Gasteiger partial charge in [0, 0.05) is 13.1 Å². The molecule has 0 bridgehead atoms. The average molecular weight is 396 g/mol. The molecule has 6 nitrogen and oxygen atoms in total. The predicted molar refractivity (Wildman–Crippen MR) is 97.6 cm³/mol. The molecule has 3 rings (SSSR count). The van der Waals surface area contributed by atoms with Gasteiger partial charge in [0.1, 0.15) is 0 Å². The van der Waals surface area contributed by atoms with Crippen molar-refractivity contribution in [3.05, 3.63) is 59.7 Å². The third-order valence-corrected chi connectivity index (χ3v) is 7.61. The number of sulfonamides is 1. The standard InChI is InChI=1S/C18H21NO5S2/c1-15-8-10-17(11-9-15)26(22,23)24-14-16-6-2-3-7-18(16)25(20,21)19-12-4-5-13-19/h2-3,6-11H,4-5,12-14H2,1H3. The average Bonchev–Trinajstić information content (AvgIpc) is 3.16. The van der Waals surface area contributed by atoms with Gasteiger partial charge in [-0.3, -0.25) is 4.18 Å². The lowest BCUT2D eigenvalue weighted by atomic mass is 10.2. The van der Waals surface area contributed by atoms with Crippen LogP contribution in [-0.4, -0.2) is 34.2 Å². The molecule has 1 fully saturated rings. The van der Waals surface area contributed by atoms with Crippen LogP contribution in [0, 0.1) is 6.92 Å². The first-order valence-corrected chi connectivity index (χ1v) is 11.2. The van der Waals surface area contributed by atoms with Gasteiger partial charge in [-0.2, -0.15) is 12.7 Å². The highest BCUT2D eigenvalue weighted by atomic mass is 32.2. The molecule has 0 aliphatic carbocycles. The smallest absolute Gasteiger partial charge is 0.262 e. The van der Waals surface area contributed by atoms with Crippen LogP contribution in [0.3, 0.4) is 0 Å². The second-order valence-corrected chi connectivity index (χ2v) is 9.77. The molecule has 0 saturated carbocycles. The van der Waals surface area contributed by atoms with Gasteiger partial charge in [-0.05, 0) is 43.5 Å². The van der Waals surface area contributed by atoms with E-state index in [4.69, 9.17) is 4.18 Å². The molecule has 1 aliphatic heterocycles. The fraction of sp³-hybridized carbons (Fsp3) is 0.333. The zero-order valence-corrected chi connectivity index (χ0v) is 16.1. The van der Waals surface area contributed by atoms with Crippen LogP contribution in [0.25, 0.3) is 0 Å².